The molecular weight excluding hydrogens is 344 g/mol. The van der Waals surface area contributed by atoms with Gasteiger partial charge in [0.1, 0.15) is 12.4 Å². The summed E-state index contributed by atoms with van der Waals surface area (Å²) in [4.78, 5) is 16.7. The first-order valence-electron chi connectivity index (χ1n) is 9.32. The SMILES string of the molecule is O=C(CCn1c(CO)nc2ccccc21)NCc1cc2n(n1)CCCNC2. The monoisotopic (exact) mass is 368 g/mol. The van der Waals surface area contributed by atoms with Crippen molar-refractivity contribution >= 4 is 16.9 Å². The van der Waals surface area contributed by atoms with Crippen LogP contribution in [0.1, 0.15) is 30.1 Å². The number of aliphatic hydroxyl groups excluding tert-OH is 1. The maximum atomic E-state index is 12.3. The summed E-state index contributed by atoms with van der Waals surface area (Å²) in [6, 6.07) is 9.75. The van der Waals surface area contributed by atoms with Gasteiger partial charge < -0.3 is 20.3 Å². The molecule has 0 fully saturated rings. The van der Waals surface area contributed by atoms with Crippen LogP contribution in [-0.4, -0.2) is 36.9 Å². The summed E-state index contributed by atoms with van der Waals surface area (Å²) in [5.41, 5.74) is 3.80. The molecule has 0 radical (unpaired) electrons. The Bertz CT molecular complexity index is 921. The van der Waals surface area contributed by atoms with E-state index in [-0.39, 0.29) is 12.5 Å². The molecule has 3 heterocycles. The van der Waals surface area contributed by atoms with Crippen LogP contribution < -0.4 is 10.6 Å². The molecule has 0 spiro atoms. The van der Waals surface area contributed by atoms with Crippen molar-refractivity contribution in [2.24, 2.45) is 0 Å². The lowest BCUT2D eigenvalue weighted by Crippen LogP contribution is -2.24. The van der Waals surface area contributed by atoms with Crippen LogP contribution in [0.3, 0.4) is 0 Å². The molecule has 142 valence electrons. The molecule has 8 nitrogen and oxygen atoms in total. The zero-order chi connectivity index (χ0) is 18.6. The minimum atomic E-state index is -0.148. The second kappa shape index (κ2) is 7.89. The molecule has 0 saturated heterocycles. The van der Waals surface area contributed by atoms with E-state index in [4.69, 9.17) is 0 Å². The lowest BCUT2D eigenvalue weighted by molar-refractivity contribution is -0.121. The number of carbonyl (C=O) groups excluding carboxylic acids is 1. The molecule has 4 rings (SSSR count). The van der Waals surface area contributed by atoms with Crippen molar-refractivity contribution in [2.45, 2.75) is 45.6 Å². The maximum Gasteiger partial charge on any atom is 0.222 e. The molecule has 1 aliphatic heterocycles. The van der Waals surface area contributed by atoms with Gasteiger partial charge in [-0.3, -0.25) is 9.48 Å². The van der Waals surface area contributed by atoms with Crippen molar-refractivity contribution in [2.75, 3.05) is 6.54 Å². The van der Waals surface area contributed by atoms with Crippen LogP contribution in [-0.2, 0) is 37.6 Å². The third-order valence-electron chi connectivity index (χ3n) is 4.85. The summed E-state index contributed by atoms with van der Waals surface area (Å²) < 4.78 is 3.92. The normalized spacial score (nSPS) is 14.1. The van der Waals surface area contributed by atoms with Crippen molar-refractivity contribution in [3.63, 3.8) is 0 Å². The molecule has 3 N–H and O–H groups in total. The Balaban J connectivity index is 1.35. The number of nitrogens with one attached hydrogen (secondary N) is 2. The van der Waals surface area contributed by atoms with Gasteiger partial charge >= 0.3 is 0 Å². The van der Waals surface area contributed by atoms with Gasteiger partial charge in [-0.15, -0.1) is 0 Å². The fraction of sp³-hybridized carbons (Fsp3) is 0.421. The van der Waals surface area contributed by atoms with E-state index in [1.165, 1.54) is 0 Å². The molecule has 0 aliphatic carbocycles. The summed E-state index contributed by atoms with van der Waals surface area (Å²) in [6.07, 6.45) is 1.38. The van der Waals surface area contributed by atoms with Crippen molar-refractivity contribution in [1.29, 1.82) is 0 Å². The van der Waals surface area contributed by atoms with Crippen LogP contribution in [0, 0.1) is 0 Å². The standard InChI is InChI=1S/C19H24N6O2/c26-13-18-22-16-4-1-2-5-17(16)24(18)9-6-19(27)21-11-14-10-15-12-20-7-3-8-25(15)23-14/h1-2,4-5,10,20,26H,3,6-9,11-13H2,(H,21,27). The average Bonchev–Trinajstić information content (AvgIpc) is 3.18. The Morgan fingerprint density at radius 2 is 2.22 bits per heavy atom. The van der Waals surface area contributed by atoms with Crippen LogP contribution in [0.4, 0.5) is 0 Å². The van der Waals surface area contributed by atoms with Crippen LogP contribution in [0.25, 0.3) is 11.0 Å². The predicted octanol–water partition coefficient (Wildman–Crippen LogP) is 0.925. The highest BCUT2D eigenvalue weighted by atomic mass is 16.3. The highest BCUT2D eigenvalue weighted by molar-refractivity contribution is 5.78. The zero-order valence-corrected chi connectivity index (χ0v) is 15.2. The summed E-state index contributed by atoms with van der Waals surface area (Å²) in [5.74, 6) is 0.535. The number of aliphatic hydroxyl groups is 1. The molecule has 0 bridgehead atoms. The fourth-order valence-electron chi connectivity index (χ4n) is 3.49. The van der Waals surface area contributed by atoms with E-state index in [1.54, 1.807) is 0 Å². The number of benzene rings is 1. The molecule has 2 aromatic heterocycles. The van der Waals surface area contributed by atoms with Gasteiger partial charge in [-0.1, -0.05) is 12.1 Å². The Hall–Kier alpha value is -2.71. The molecule has 8 heteroatoms. The number of fused-ring (bicyclic) bond motifs is 2. The molecule has 0 saturated carbocycles. The van der Waals surface area contributed by atoms with Crippen LogP contribution in [0.2, 0.25) is 0 Å². The van der Waals surface area contributed by atoms with Crippen molar-refractivity contribution in [3.05, 3.63) is 47.5 Å². The Morgan fingerprint density at radius 3 is 3.11 bits per heavy atom. The molecule has 1 aliphatic rings. The van der Waals surface area contributed by atoms with Gasteiger partial charge in [0, 0.05) is 26.1 Å². The number of nitrogens with zero attached hydrogens (tertiary/aromatic N) is 4. The molecule has 3 aromatic rings. The quantitative estimate of drug-likeness (QED) is 0.601. The number of para-hydroxylation sites is 2. The van der Waals surface area contributed by atoms with Crippen LogP contribution in [0.15, 0.2) is 30.3 Å². The highest BCUT2D eigenvalue weighted by Gasteiger charge is 2.13. The third kappa shape index (κ3) is 3.86. The van der Waals surface area contributed by atoms with Gasteiger partial charge in [-0.2, -0.15) is 5.10 Å². The first-order valence-corrected chi connectivity index (χ1v) is 9.32. The lowest BCUT2D eigenvalue weighted by Gasteiger charge is -2.08. The predicted molar refractivity (Wildman–Crippen MR) is 101 cm³/mol. The lowest BCUT2D eigenvalue weighted by atomic mass is 10.3. The molecule has 0 unspecified atom stereocenters. The molecule has 0 atom stereocenters. The van der Waals surface area contributed by atoms with E-state index in [0.717, 1.165) is 48.5 Å². The van der Waals surface area contributed by atoms with E-state index in [9.17, 15) is 9.90 Å². The van der Waals surface area contributed by atoms with E-state index in [1.807, 2.05) is 39.6 Å². The Labute approximate surface area is 157 Å². The smallest absolute Gasteiger partial charge is 0.222 e. The first-order chi connectivity index (χ1) is 13.2. The van der Waals surface area contributed by atoms with Crippen LogP contribution >= 0.6 is 0 Å². The number of imidazole rings is 1. The van der Waals surface area contributed by atoms with E-state index in [0.29, 0.717) is 25.3 Å². The summed E-state index contributed by atoms with van der Waals surface area (Å²) in [6.45, 7) is 3.49. The fourth-order valence-corrected chi connectivity index (χ4v) is 3.49. The number of hydrogen-bond acceptors (Lipinski definition) is 5. The Morgan fingerprint density at radius 1 is 1.33 bits per heavy atom. The first kappa shape index (κ1) is 17.7. The number of amides is 1. The van der Waals surface area contributed by atoms with Crippen molar-refractivity contribution in [1.82, 2.24) is 30.0 Å². The third-order valence-corrected chi connectivity index (χ3v) is 4.85. The van der Waals surface area contributed by atoms with Gasteiger partial charge in [-0.25, -0.2) is 4.98 Å². The second-order valence-electron chi connectivity index (χ2n) is 6.73. The topological polar surface area (TPSA) is 97.0 Å². The van der Waals surface area contributed by atoms with Crippen LogP contribution in [0.5, 0.6) is 0 Å². The highest BCUT2D eigenvalue weighted by Crippen LogP contribution is 2.16. The number of aryl methyl sites for hydroxylation is 2. The molecule has 1 aromatic carbocycles. The van der Waals surface area contributed by atoms with Gasteiger partial charge in [0.2, 0.25) is 5.91 Å². The van der Waals surface area contributed by atoms with E-state index in [2.05, 4.69) is 20.7 Å². The number of aromatic nitrogens is 4. The number of rotatable bonds is 6. The summed E-state index contributed by atoms with van der Waals surface area (Å²) >= 11 is 0. The minimum Gasteiger partial charge on any atom is -0.388 e. The van der Waals surface area contributed by atoms with E-state index >= 15 is 0 Å². The van der Waals surface area contributed by atoms with Crippen molar-refractivity contribution < 1.29 is 9.90 Å². The second-order valence-corrected chi connectivity index (χ2v) is 6.73. The molecule has 1 amide bonds. The average molecular weight is 368 g/mol. The van der Waals surface area contributed by atoms with Crippen molar-refractivity contribution in [3.8, 4) is 0 Å². The number of carbonyl (C=O) groups is 1. The largest absolute Gasteiger partial charge is 0.388 e. The zero-order valence-electron chi connectivity index (χ0n) is 15.2. The maximum absolute atomic E-state index is 12.3. The molecule has 27 heavy (non-hydrogen) atoms. The minimum absolute atomic E-state index is 0.0435. The van der Waals surface area contributed by atoms with Gasteiger partial charge in [0.05, 0.1) is 29.0 Å². The summed E-state index contributed by atoms with van der Waals surface area (Å²) in [7, 11) is 0. The number of hydrogen-bond donors (Lipinski definition) is 3. The van der Waals surface area contributed by atoms with Gasteiger partial charge in [0.15, 0.2) is 0 Å². The Kier molecular flexibility index (Phi) is 5.17. The summed E-state index contributed by atoms with van der Waals surface area (Å²) in [5, 5.41) is 20.4. The van der Waals surface area contributed by atoms with E-state index < -0.39 is 0 Å². The van der Waals surface area contributed by atoms with Gasteiger partial charge in [-0.05, 0) is 31.2 Å². The molecular formula is C19H24N6O2. The van der Waals surface area contributed by atoms with Gasteiger partial charge in [0.25, 0.3) is 0 Å².